The fourth-order valence-electron chi connectivity index (χ4n) is 4.39. The monoisotopic (exact) mass is 354 g/mol. The number of rotatable bonds is 1. The van der Waals surface area contributed by atoms with Crippen molar-refractivity contribution in [2.45, 2.75) is 0 Å². The Kier molecular flexibility index (Phi) is 3.27. The van der Waals surface area contributed by atoms with Crippen molar-refractivity contribution in [2.75, 3.05) is 0 Å². The summed E-state index contributed by atoms with van der Waals surface area (Å²) in [6, 6.07) is 39.7. The van der Waals surface area contributed by atoms with Crippen molar-refractivity contribution < 1.29 is 0 Å². The van der Waals surface area contributed by atoms with Gasteiger partial charge in [-0.3, -0.25) is 0 Å². The lowest BCUT2D eigenvalue weighted by Crippen LogP contribution is -1.84. The Morgan fingerprint density at radius 2 is 0.964 bits per heavy atom. The smallest absolute Gasteiger partial charge is 0.00990 e. The van der Waals surface area contributed by atoms with E-state index in [1.54, 1.807) is 0 Å². The Bertz CT molecular complexity index is 1510. The van der Waals surface area contributed by atoms with Crippen molar-refractivity contribution in [3.63, 3.8) is 0 Å². The molecule has 0 aliphatic rings. The molecule has 0 N–H and O–H groups in total. The Morgan fingerprint density at radius 3 is 1.82 bits per heavy atom. The van der Waals surface area contributed by atoms with Gasteiger partial charge in [0.15, 0.2) is 0 Å². The van der Waals surface area contributed by atoms with Crippen LogP contribution in [0.1, 0.15) is 0 Å². The summed E-state index contributed by atoms with van der Waals surface area (Å²) in [7, 11) is 0. The SMILES string of the molecule is c1ccc2cc3c(-c4ccc5ccc6ccccc6c5c4)cccc3cc2c1. The Balaban J connectivity index is 1.67. The van der Waals surface area contributed by atoms with Crippen molar-refractivity contribution in [2.24, 2.45) is 0 Å². The molecule has 0 unspecified atom stereocenters. The summed E-state index contributed by atoms with van der Waals surface area (Å²) in [6.07, 6.45) is 0. The standard InChI is InChI=1S/C28H18/c1-2-8-22-17-28-23(16-21(22)7-1)9-5-11-26(28)24-15-14-20-13-12-19-6-3-4-10-25(19)27(20)18-24/h1-18H. The molecule has 0 spiro atoms. The molecule has 0 bridgehead atoms. The number of hydrogen-bond acceptors (Lipinski definition) is 0. The maximum Gasteiger partial charge on any atom is -0.00990 e. The number of benzene rings is 6. The normalized spacial score (nSPS) is 11.6. The van der Waals surface area contributed by atoms with Crippen molar-refractivity contribution in [1.29, 1.82) is 0 Å². The van der Waals surface area contributed by atoms with Gasteiger partial charge in [0, 0.05) is 0 Å². The predicted molar refractivity (Wildman–Crippen MR) is 122 cm³/mol. The van der Waals surface area contributed by atoms with Crippen LogP contribution in [0.25, 0.3) is 54.2 Å². The van der Waals surface area contributed by atoms with Crippen LogP contribution in [0.3, 0.4) is 0 Å². The lowest BCUT2D eigenvalue weighted by Gasteiger charge is -2.11. The van der Waals surface area contributed by atoms with Crippen LogP contribution in [0.2, 0.25) is 0 Å². The summed E-state index contributed by atoms with van der Waals surface area (Å²) < 4.78 is 0. The van der Waals surface area contributed by atoms with E-state index in [4.69, 9.17) is 0 Å². The van der Waals surface area contributed by atoms with Gasteiger partial charge in [0.25, 0.3) is 0 Å². The van der Waals surface area contributed by atoms with Crippen molar-refractivity contribution in [3.05, 3.63) is 109 Å². The number of hydrogen-bond donors (Lipinski definition) is 0. The molecule has 6 aromatic carbocycles. The predicted octanol–water partition coefficient (Wildman–Crippen LogP) is 7.97. The molecule has 0 heteroatoms. The molecule has 0 nitrogen and oxygen atoms in total. The maximum atomic E-state index is 2.35. The van der Waals surface area contributed by atoms with Gasteiger partial charge in [-0.1, -0.05) is 91.0 Å². The Hall–Kier alpha value is -3.64. The van der Waals surface area contributed by atoms with Gasteiger partial charge < -0.3 is 0 Å². The van der Waals surface area contributed by atoms with Crippen LogP contribution in [0.4, 0.5) is 0 Å². The Labute approximate surface area is 163 Å². The minimum atomic E-state index is 1.27. The van der Waals surface area contributed by atoms with E-state index < -0.39 is 0 Å². The summed E-state index contributed by atoms with van der Waals surface area (Å²) in [4.78, 5) is 0. The molecular weight excluding hydrogens is 336 g/mol. The topological polar surface area (TPSA) is 0 Å². The first-order chi connectivity index (χ1) is 13.9. The van der Waals surface area contributed by atoms with Crippen LogP contribution in [0.15, 0.2) is 109 Å². The second kappa shape index (κ2) is 5.94. The van der Waals surface area contributed by atoms with E-state index in [0.717, 1.165) is 0 Å². The molecule has 130 valence electrons. The van der Waals surface area contributed by atoms with Crippen LogP contribution in [0.5, 0.6) is 0 Å². The second-order valence-electron chi connectivity index (χ2n) is 7.45. The first-order valence-corrected chi connectivity index (χ1v) is 9.70. The third kappa shape index (κ3) is 2.32. The third-order valence-corrected chi connectivity index (χ3v) is 5.80. The highest BCUT2D eigenvalue weighted by atomic mass is 14.1. The molecule has 6 aromatic rings. The summed E-state index contributed by atoms with van der Waals surface area (Å²) in [5.74, 6) is 0. The molecule has 0 atom stereocenters. The van der Waals surface area contributed by atoms with Gasteiger partial charge in [0.2, 0.25) is 0 Å². The van der Waals surface area contributed by atoms with E-state index in [9.17, 15) is 0 Å². The summed E-state index contributed by atoms with van der Waals surface area (Å²) in [5, 5.41) is 10.4. The van der Waals surface area contributed by atoms with E-state index in [2.05, 4.69) is 109 Å². The zero-order valence-corrected chi connectivity index (χ0v) is 15.4. The zero-order valence-electron chi connectivity index (χ0n) is 15.4. The molecule has 0 aliphatic heterocycles. The fraction of sp³-hybridized carbons (Fsp3) is 0. The molecule has 6 rings (SSSR count). The van der Waals surface area contributed by atoms with E-state index in [0.29, 0.717) is 0 Å². The van der Waals surface area contributed by atoms with E-state index in [1.807, 2.05) is 0 Å². The molecule has 0 saturated carbocycles. The average molecular weight is 354 g/mol. The zero-order chi connectivity index (χ0) is 18.5. The maximum absolute atomic E-state index is 2.35. The summed E-state index contributed by atoms with van der Waals surface area (Å²) >= 11 is 0. The first kappa shape index (κ1) is 15.4. The lowest BCUT2D eigenvalue weighted by molar-refractivity contribution is 1.70. The van der Waals surface area contributed by atoms with E-state index in [1.165, 1.54) is 54.2 Å². The summed E-state index contributed by atoms with van der Waals surface area (Å²) in [6.45, 7) is 0. The van der Waals surface area contributed by atoms with Gasteiger partial charge in [-0.2, -0.15) is 0 Å². The number of fused-ring (bicyclic) bond motifs is 5. The van der Waals surface area contributed by atoms with Crippen LogP contribution in [-0.2, 0) is 0 Å². The highest BCUT2D eigenvalue weighted by Crippen LogP contribution is 2.35. The molecule has 28 heavy (non-hydrogen) atoms. The van der Waals surface area contributed by atoms with Crippen molar-refractivity contribution >= 4 is 43.1 Å². The lowest BCUT2D eigenvalue weighted by atomic mass is 9.93. The van der Waals surface area contributed by atoms with Crippen molar-refractivity contribution in [1.82, 2.24) is 0 Å². The summed E-state index contributed by atoms with van der Waals surface area (Å²) in [5.41, 5.74) is 2.56. The molecule has 0 fully saturated rings. The quantitative estimate of drug-likeness (QED) is 0.207. The second-order valence-corrected chi connectivity index (χ2v) is 7.45. The third-order valence-electron chi connectivity index (χ3n) is 5.80. The van der Waals surface area contributed by atoms with Crippen LogP contribution in [0, 0.1) is 0 Å². The molecule has 0 radical (unpaired) electrons. The van der Waals surface area contributed by atoms with Gasteiger partial charge in [-0.25, -0.2) is 0 Å². The fourth-order valence-corrected chi connectivity index (χ4v) is 4.39. The molecule has 0 aliphatic carbocycles. The highest BCUT2D eigenvalue weighted by Gasteiger charge is 2.08. The minimum absolute atomic E-state index is 1.27. The average Bonchev–Trinajstić information content (AvgIpc) is 2.77. The first-order valence-electron chi connectivity index (χ1n) is 9.70. The van der Waals surface area contributed by atoms with Crippen LogP contribution < -0.4 is 0 Å². The highest BCUT2D eigenvalue weighted by molar-refractivity contribution is 6.10. The molecule has 0 saturated heterocycles. The van der Waals surface area contributed by atoms with E-state index in [-0.39, 0.29) is 0 Å². The van der Waals surface area contributed by atoms with Gasteiger partial charge >= 0.3 is 0 Å². The minimum Gasteiger partial charge on any atom is -0.0616 e. The van der Waals surface area contributed by atoms with Crippen molar-refractivity contribution in [3.8, 4) is 11.1 Å². The van der Waals surface area contributed by atoms with Crippen LogP contribution in [-0.4, -0.2) is 0 Å². The Morgan fingerprint density at radius 1 is 0.321 bits per heavy atom. The largest absolute Gasteiger partial charge is 0.0616 e. The van der Waals surface area contributed by atoms with Crippen LogP contribution >= 0.6 is 0 Å². The van der Waals surface area contributed by atoms with Gasteiger partial charge in [0.05, 0.1) is 0 Å². The van der Waals surface area contributed by atoms with Gasteiger partial charge in [-0.05, 0) is 72.4 Å². The molecule has 0 amide bonds. The molecule has 0 aromatic heterocycles. The van der Waals surface area contributed by atoms with Gasteiger partial charge in [0.1, 0.15) is 0 Å². The molecule has 0 heterocycles. The van der Waals surface area contributed by atoms with E-state index >= 15 is 0 Å². The molecular formula is C28H18. The van der Waals surface area contributed by atoms with Gasteiger partial charge in [-0.15, -0.1) is 0 Å².